The monoisotopic (exact) mass is 238 g/mol. The Morgan fingerprint density at radius 1 is 1.53 bits per heavy atom. The number of allylic oxidation sites excluding steroid dienone is 1. The van der Waals surface area contributed by atoms with Gasteiger partial charge in [0.25, 0.3) is 0 Å². The zero-order valence-corrected chi connectivity index (χ0v) is 11.6. The molecule has 3 nitrogen and oxygen atoms in total. The zero-order chi connectivity index (χ0) is 12.7. The smallest absolute Gasteiger partial charge is 0.208 e. The molecule has 1 fully saturated rings. The molecule has 0 radical (unpaired) electrons. The number of aliphatic imine (C=N–C) groups is 1. The van der Waals surface area contributed by atoms with E-state index in [0.717, 1.165) is 25.3 Å². The van der Waals surface area contributed by atoms with Crippen LogP contribution in [0.25, 0.3) is 0 Å². The molecular formula is C14H26N2O. The summed E-state index contributed by atoms with van der Waals surface area (Å²) in [6.45, 7) is 5.36. The van der Waals surface area contributed by atoms with Gasteiger partial charge in [-0.25, -0.2) is 0 Å². The van der Waals surface area contributed by atoms with E-state index in [1.165, 1.54) is 12.8 Å². The lowest BCUT2D eigenvalue weighted by Gasteiger charge is -2.37. The first-order valence-corrected chi connectivity index (χ1v) is 6.67. The molecule has 0 aromatic heterocycles. The Kier molecular flexibility index (Phi) is 6.27. The van der Waals surface area contributed by atoms with Gasteiger partial charge in [0.05, 0.1) is 0 Å². The van der Waals surface area contributed by atoms with Gasteiger partial charge >= 0.3 is 0 Å². The highest BCUT2D eigenvalue weighted by atomic mass is 16.5. The topological polar surface area (TPSA) is 24.8 Å². The summed E-state index contributed by atoms with van der Waals surface area (Å²) < 4.78 is 5.94. The van der Waals surface area contributed by atoms with Crippen molar-refractivity contribution >= 4 is 5.90 Å². The molecule has 0 bridgehead atoms. The van der Waals surface area contributed by atoms with E-state index >= 15 is 0 Å². The third kappa shape index (κ3) is 4.50. The minimum atomic E-state index is 0.331. The van der Waals surface area contributed by atoms with Crippen LogP contribution >= 0.6 is 0 Å². The molecule has 98 valence electrons. The van der Waals surface area contributed by atoms with Crippen LogP contribution in [0.5, 0.6) is 0 Å². The number of likely N-dealkylation sites (tertiary alicyclic amines) is 1. The van der Waals surface area contributed by atoms with Gasteiger partial charge in [-0.05, 0) is 39.3 Å². The van der Waals surface area contributed by atoms with Crippen LogP contribution in [0.2, 0.25) is 0 Å². The first-order chi connectivity index (χ1) is 8.21. The van der Waals surface area contributed by atoms with Crippen LogP contribution < -0.4 is 0 Å². The van der Waals surface area contributed by atoms with Crippen LogP contribution in [0.3, 0.4) is 0 Å². The van der Waals surface area contributed by atoms with E-state index in [4.69, 9.17) is 4.74 Å². The number of piperidine rings is 1. The van der Waals surface area contributed by atoms with Crippen LogP contribution in [0.4, 0.5) is 0 Å². The maximum Gasteiger partial charge on any atom is 0.208 e. The van der Waals surface area contributed by atoms with E-state index in [1.54, 1.807) is 7.05 Å². The molecule has 2 atom stereocenters. The molecule has 1 heterocycles. The average molecular weight is 238 g/mol. The summed E-state index contributed by atoms with van der Waals surface area (Å²) in [5, 5.41) is 0. The van der Waals surface area contributed by atoms with E-state index in [0.29, 0.717) is 12.1 Å². The van der Waals surface area contributed by atoms with Gasteiger partial charge < -0.3 is 9.64 Å². The molecule has 0 N–H and O–H groups in total. The molecule has 1 aliphatic rings. The van der Waals surface area contributed by atoms with E-state index in [-0.39, 0.29) is 0 Å². The summed E-state index contributed by atoms with van der Waals surface area (Å²) >= 11 is 0. The van der Waals surface area contributed by atoms with Crippen molar-refractivity contribution in [2.75, 3.05) is 20.6 Å². The first-order valence-electron chi connectivity index (χ1n) is 6.67. The van der Waals surface area contributed by atoms with Crippen molar-refractivity contribution in [3.05, 3.63) is 12.2 Å². The van der Waals surface area contributed by atoms with Crippen LogP contribution in [-0.4, -0.2) is 43.6 Å². The Labute approximate surface area is 106 Å². The lowest BCUT2D eigenvalue weighted by atomic mass is 9.96. The predicted octanol–water partition coefficient (Wildman–Crippen LogP) is 2.87. The fourth-order valence-corrected chi connectivity index (χ4v) is 2.39. The van der Waals surface area contributed by atoms with Crippen LogP contribution in [0, 0.1) is 0 Å². The molecule has 3 heteroatoms. The molecule has 0 aromatic rings. The normalized spacial score (nSPS) is 27.6. The second-order valence-corrected chi connectivity index (χ2v) is 4.75. The van der Waals surface area contributed by atoms with Gasteiger partial charge in [-0.15, -0.1) is 0 Å². The van der Waals surface area contributed by atoms with Crippen LogP contribution in [-0.2, 0) is 4.74 Å². The fraction of sp³-hybridized carbons (Fsp3) is 0.786. The van der Waals surface area contributed by atoms with Gasteiger partial charge in [-0.1, -0.05) is 19.4 Å². The van der Waals surface area contributed by atoms with Crippen molar-refractivity contribution in [1.82, 2.24) is 4.90 Å². The fourth-order valence-electron chi connectivity index (χ4n) is 2.39. The zero-order valence-electron chi connectivity index (χ0n) is 11.6. The summed E-state index contributed by atoms with van der Waals surface area (Å²) in [6, 6.07) is 0.669. The van der Waals surface area contributed by atoms with Gasteiger partial charge in [0.2, 0.25) is 5.90 Å². The Morgan fingerprint density at radius 3 is 2.88 bits per heavy atom. The van der Waals surface area contributed by atoms with Gasteiger partial charge in [-0.2, -0.15) is 0 Å². The molecule has 0 spiro atoms. The van der Waals surface area contributed by atoms with Crippen molar-refractivity contribution in [2.45, 2.75) is 51.7 Å². The lowest BCUT2D eigenvalue weighted by molar-refractivity contribution is 0.0613. The highest BCUT2D eigenvalue weighted by molar-refractivity contribution is 5.87. The van der Waals surface area contributed by atoms with Gasteiger partial charge in [-0.3, -0.25) is 4.99 Å². The third-order valence-corrected chi connectivity index (χ3v) is 3.40. The van der Waals surface area contributed by atoms with E-state index in [2.05, 4.69) is 23.9 Å². The number of hydrogen-bond donors (Lipinski definition) is 0. The van der Waals surface area contributed by atoms with Crippen molar-refractivity contribution < 1.29 is 4.74 Å². The standard InChI is InChI=1S/C14H26N2O/c1-5-7-12-11-13(9-10-16(12)4)17-14(15-3)8-6-2/h6,8,12-13H,5,7,9-11H2,1-4H3/b8-6-,15-14?/t12-,13?/m0/s1. The van der Waals surface area contributed by atoms with Crippen LogP contribution in [0.1, 0.15) is 39.5 Å². The van der Waals surface area contributed by atoms with Gasteiger partial charge in [0.15, 0.2) is 0 Å². The molecular weight excluding hydrogens is 212 g/mol. The highest BCUT2D eigenvalue weighted by Gasteiger charge is 2.26. The minimum absolute atomic E-state index is 0.331. The number of rotatable bonds is 4. The summed E-state index contributed by atoms with van der Waals surface area (Å²) in [4.78, 5) is 6.62. The second-order valence-electron chi connectivity index (χ2n) is 4.75. The Hall–Kier alpha value is -0.830. The molecule has 1 aliphatic heterocycles. The van der Waals surface area contributed by atoms with Crippen molar-refractivity contribution in [1.29, 1.82) is 0 Å². The second kappa shape index (κ2) is 7.49. The molecule has 1 saturated heterocycles. The van der Waals surface area contributed by atoms with E-state index in [1.807, 2.05) is 19.1 Å². The highest BCUT2D eigenvalue weighted by Crippen LogP contribution is 2.22. The molecule has 1 unspecified atom stereocenters. The number of nitrogens with zero attached hydrogens (tertiary/aromatic N) is 2. The minimum Gasteiger partial charge on any atom is -0.474 e. The SMILES string of the molecule is C/C=C\C(=NC)OC1CCN(C)[C@@H](CCC)C1. The molecule has 0 amide bonds. The lowest BCUT2D eigenvalue weighted by Crippen LogP contribution is -2.43. The molecule has 0 saturated carbocycles. The maximum absolute atomic E-state index is 5.94. The van der Waals surface area contributed by atoms with Crippen LogP contribution in [0.15, 0.2) is 17.1 Å². The van der Waals surface area contributed by atoms with Crippen molar-refractivity contribution in [2.24, 2.45) is 4.99 Å². The molecule has 0 aliphatic carbocycles. The Bertz CT molecular complexity index is 273. The molecule has 17 heavy (non-hydrogen) atoms. The predicted molar refractivity (Wildman–Crippen MR) is 73.6 cm³/mol. The molecule has 1 rings (SSSR count). The summed E-state index contributed by atoms with van der Waals surface area (Å²) in [6.07, 6.45) is 8.98. The number of hydrogen-bond acceptors (Lipinski definition) is 3. The average Bonchev–Trinajstić information content (AvgIpc) is 2.33. The summed E-state index contributed by atoms with van der Waals surface area (Å²) in [7, 11) is 4.01. The number of ether oxygens (including phenoxy) is 1. The largest absolute Gasteiger partial charge is 0.474 e. The third-order valence-electron chi connectivity index (χ3n) is 3.40. The first kappa shape index (κ1) is 14.2. The van der Waals surface area contributed by atoms with Gasteiger partial charge in [0.1, 0.15) is 6.10 Å². The maximum atomic E-state index is 5.94. The Morgan fingerprint density at radius 2 is 2.29 bits per heavy atom. The van der Waals surface area contributed by atoms with E-state index in [9.17, 15) is 0 Å². The van der Waals surface area contributed by atoms with Crippen molar-refractivity contribution in [3.8, 4) is 0 Å². The van der Waals surface area contributed by atoms with Crippen molar-refractivity contribution in [3.63, 3.8) is 0 Å². The quantitative estimate of drug-likeness (QED) is 0.556. The summed E-state index contributed by atoms with van der Waals surface area (Å²) in [5.41, 5.74) is 0. The van der Waals surface area contributed by atoms with E-state index < -0.39 is 0 Å². The summed E-state index contributed by atoms with van der Waals surface area (Å²) in [5.74, 6) is 0.761. The molecule has 0 aromatic carbocycles. The Balaban J connectivity index is 2.50. The van der Waals surface area contributed by atoms with Gasteiger partial charge in [0, 0.05) is 19.6 Å².